The van der Waals surface area contributed by atoms with Crippen LogP contribution in [-0.2, 0) is 22.2 Å². The van der Waals surface area contributed by atoms with Gasteiger partial charge >= 0.3 is 12.3 Å². The van der Waals surface area contributed by atoms with Gasteiger partial charge in [0, 0.05) is 31.2 Å². The van der Waals surface area contributed by atoms with E-state index in [0.717, 1.165) is 56.1 Å². The van der Waals surface area contributed by atoms with Gasteiger partial charge in [0.2, 0.25) is 0 Å². The predicted molar refractivity (Wildman–Crippen MR) is 160 cm³/mol. The van der Waals surface area contributed by atoms with E-state index < -0.39 is 23.4 Å². The number of hydrogen-bond acceptors (Lipinski definition) is 6. The van der Waals surface area contributed by atoms with E-state index in [2.05, 4.69) is 20.5 Å². The summed E-state index contributed by atoms with van der Waals surface area (Å²) >= 11 is 0. The number of nitrogens with one attached hydrogen (secondary N) is 2. The van der Waals surface area contributed by atoms with E-state index in [-0.39, 0.29) is 23.9 Å². The van der Waals surface area contributed by atoms with Crippen LogP contribution in [0.5, 0.6) is 0 Å². The fraction of sp³-hybridized carbons (Fsp3) is 0.424. The molecule has 3 aromatic rings. The van der Waals surface area contributed by atoms with E-state index in [0.29, 0.717) is 22.3 Å². The number of alkyl halides is 3. The van der Waals surface area contributed by atoms with E-state index in [4.69, 9.17) is 9.47 Å². The molecule has 1 atom stereocenters. The number of anilines is 1. The van der Waals surface area contributed by atoms with Crippen LogP contribution in [0.25, 0.3) is 11.1 Å². The monoisotopic (exact) mass is 610 g/mol. The molecular formula is C33H37F3N4O4. The maximum Gasteiger partial charge on any atom is 0.416 e. The third-order valence-electron chi connectivity index (χ3n) is 7.93. The number of halogens is 3. The maximum atomic E-state index is 13.6. The molecule has 2 N–H and O–H groups in total. The summed E-state index contributed by atoms with van der Waals surface area (Å²) in [5, 5.41) is 5.61. The van der Waals surface area contributed by atoms with E-state index in [1.165, 1.54) is 12.3 Å². The maximum absolute atomic E-state index is 13.6. The molecule has 234 valence electrons. The summed E-state index contributed by atoms with van der Waals surface area (Å²) in [6.07, 6.45) is -0.839. The molecule has 0 saturated carbocycles. The SMILES string of the molecule is C[C@@H](NC(=O)c1cncc(N2CCC3(COC3)C2)c1)c1ccc(-c2cc(C(F)(F)F)ccc2CNC(=O)OC(C)(C)C)cc1. The molecule has 2 saturated heterocycles. The Morgan fingerprint density at radius 2 is 1.80 bits per heavy atom. The Kier molecular flexibility index (Phi) is 8.62. The van der Waals surface area contributed by atoms with Crippen LogP contribution in [0.15, 0.2) is 60.9 Å². The minimum Gasteiger partial charge on any atom is -0.444 e. The second kappa shape index (κ2) is 12.1. The Morgan fingerprint density at radius 1 is 1.07 bits per heavy atom. The number of aromatic nitrogens is 1. The molecule has 5 rings (SSSR count). The minimum atomic E-state index is -4.53. The fourth-order valence-corrected chi connectivity index (χ4v) is 5.48. The quantitative estimate of drug-likeness (QED) is 0.317. The van der Waals surface area contributed by atoms with E-state index in [1.807, 2.05) is 13.0 Å². The zero-order chi connectivity index (χ0) is 31.7. The molecule has 3 heterocycles. The van der Waals surface area contributed by atoms with Crippen molar-refractivity contribution in [2.24, 2.45) is 5.41 Å². The topological polar surface area (TPSA) is 92.8 Å². The highest BCUT2D eigenvalue weighted by atomic mass is 19.4. The van der Waals surface area contributed by atoms with Crippen molar-refractivity contribution in [1.29, 1.82) is 0 Å². The van der Waals surface area contributed by atoms with Gasteiger partial charge in [0.25, 0.3) is 5.91 Å². The highest BCUT2D eigenvalue weighted by molar-refractivity contribution is 5.95. The number of carbonyl (C=O) groups is 2. The first-order valence-electron chi connectivity index (χ1n) is 14.6. The van der Waals surface area contributed by atoms with Crippen molar-refractivity contribution in [3.63, 3.8) is 0 Å². The molecule has 2 amide bonds. The lowest BCUT2D eigenvalue weighted by molar-refractivity contribution is -0.137. The summed E-state index contributed by atoms with van der Waals surface area (Å²) < 4.78 is 51.4. The number of ether oxygens (including phenoxy) is 2. The molecule has 2 aromatic carbocycles. The molecular weight excluding hydrogens is 573 g/mol. The zero-order valence-electron chi connectivity index (χ0n) is 25.3. The lowest BCUT2D eigenvalue weighted by atomic mass is 9.85. The first kappa shape index (κ1) is 31.3. The third-order valence-corrected chi connectivity index (χ3v) is 7.93. The molecule has 2 aliphatic rings. The van der Waals surface area contributed by atoms with Crippen LogP contribution in [0.2, 0.25) is 0 Å². The lowest BCUT2D eigenvalue weighted by Gasteiger charge is -2.37. The average molecular weight is 611 g/mol. The van der Waals surface area contributed by atoms with Crippen molar-refractivity contribution in [2.75, 3.05) is 31.2 Å². The molecule has 11 heteroatoms. The van der Waals surface area contributed by atoms with Crippen LogP contribution in [0.1, 0.15) is 67.2 Å². The molecule has 1 spiro atoms. The van der Waals surface area contributed by atoms with Gasteiger partial charge in [-0.1, -0.05) is 30.3 Å². The van der Waals surface area contributed by atoms with Crippen molar-refractivity contribution in [3.8, 4) is 11.1 Å². The molecule has 0 bridgehead atoms. The highest BCUT2D eigenvalue weighted by Gasteiger charge is 2.44. The summed E-state index contributed by atoms with van der Waals surface area (Å²) in [5.41, 5.74) is 2.20. The van der Waals surface area contributed by atoms with Crippen LogP contribution < -0.4 is 15.5 Å². The Labute approximate surface area is 254 Å². The van der Waals surface area contributed by atoms with Crippen molar-refractivity contribution in [3.05, 3.63) is 83.2 Å². The molecule has 1 aromatic heterocycles. The molecule has 44 heavy (non-hydrogen) atoms. The van der Waals surface area contributed by atoms with Gasteiger partial charge in [0.05, 0.1) is 42.3 Å². The number of alkyl carbamates (subject to hydrolysis) is 1. The third kappa shape index (κ3) is 7.32. The largest absolute Gasteiger partial charge is 0.444 e. The number of hydrogen-bond donors (Lipinski definition) is 2. The smallest absolute Gasteiger partial charge is 0.416 e. The average Bonchev–Trinajstić information content (AvgIpc) is 3.42. The Balaban J connectivity index is 1.28. The van der Waals surface area contributed by atoms with Crippen molar-refractivity contribution < 1.29 is 32.2 Å². The van der Waals surface area contributed by atoms with Crippen molar-refractivity contribution in [2.45, 2.75) is 58.5 Å². The summed E-state index contributed by atoms with van der Waals surface area (Å²) in [6, 6.07) is 11.8. The van der Waals surface area contributed by atoms with Crippen LogP contribution in [-0.4, -0.2) is 48.9 Å². The molecule has 2 aliphatic heterocycles. The molecule has 2 fully saturated rings. The number of pyridine rings is 1. The van der Waals surface area contributed by atoms with Crippen LogP contribution in [0, 0.1) is 5.41 Å². The summed E-state index contributed by atoms with van der Waals surface area (Å²) in [4.78, 5) is 31.8. The number of rotatable bonds is 7. The molecule has 8 nitrogen and oxygen atoms in total. The Morgan fingerprint density at radius 3 is 2.41 bits per heavy atom. The van der Waals surface area contributed by atoms with Gasteiger partial charge in [-0.15, -0.1) is 0 Å². The molecule has 0 unspecified atom stereocenters. The predicted octanol–water partition coefficient (Wildman–Crippen LogP) is 6.51. The van der Waals surface area contributed by atoms with Crippen LogP contribution >= 0.6 is 0 Å². The number of nitrogens with zero attached hydrogens (tertiary/aromatic N) is 2. The van der Waals surface area contributed by atoms with Gasteiger partial charge in [0.1, 0.15) is 5.60 Å². The standard InChI is InChI=1S/C33H37F3N4O4/c1-21(39-29(41)25-13-27(17-37-15-25)40-12-11-32(18-40)19-43-20-32)22-5-7-23(8-6-22)28-14-26(33(34,35)36)10-9-24(28)16-38-30(42)44-31(2,3)4/h5-10,13-15,17,21H,11-12,16,18-20H2,1-4H3,(H,38,42)(H,39,41)/t21-/m1/s1. The number of amides is 2. The van der Waals surface area contributed by atoms with Gasteiger partial charge in [-0.2, -0.15) is 13.2 Å². The first-order chi connectivity index (χ1) is 20.7. The summed E-state index contributed by atoms with van der Waals surface area (Å²) in [6.45, 7) is 10.3. The number of benzene rings is 2. The second-order valence-electron chi connectivity index (χ2n) is 12.6. The highest BCUT2D eigenvalue weighted by Crippen LogP contribution is 2.39. The van der Waals surface area contributed by atoms with Gasteiger partial charge < -0.3 is 25.0 Å². The van der Waals surface area contributed by atoms with Crippen LogP contribution in [0.4, 0.5) is 23.7 Å². The van der Waals surface area contributed by atoms with E-state index in [1.54, 1.807) is 51.2 Å². The summed E-state index contributed by atoms with van der Waals surface area (Å²) in [7, 11) is 0. The lowest BCUT2D eigenvalue weighted by Crippen LogP contribution is -2.44. The Hall–Kier alpha value is -4.12. The summed E-state index contributed by atoms with van der Waals surface area (Å²) in [5.74, 6) is -0.273. The second-order valence-corrected chi connectivity index (χ2v) is 12.6. The Bertz CT molecular complexity index is 1510. The zero-order valence-corrected chi connectivity index (χ0v) is 25.3. The number of carbonyl (C=O) groups excluding carboxylic acids is 2. The fourth-order valence-electron chi connectivity index (χ4n) is 5.48. The van der Waals surface area contributed by atoms with Crippen LogP contribution in [0.3, 0.4) is 0 Å². The van der Waals surface area contributed by atoms with E-state index in [9.17, 15) is 22.8 Å². The molecule has 0 aliphatic carbocycles. The van der Waals surface area contributed by atoms with Gasteiger partial charge in [0.15, 0.2) is 0 Å². The van der Waals surface area contributed by atoms with Gasteiger partial charge in [-0.25, -0.2) is 4.79 Å². The minimum absolute atomic E-state index is 0.0180. The van der Waals surface area contributed by atoms with Crippen molar-refractivity contribution in [1.82, 2.24) is 15.6 Å². The first-order valence-corrected chi connectivity index (χ1v) is 14.6. The normalized spacial score (nSPS) is 16.8. The van der Waals surface area contributed by atoms with E-state index >= 15 is 0 Å². The van der Waals surface area contributed by atoms with Gasteiger partial charge in [-0.05, 0) is 74.6 Å². The van der Waals surface area contributed by atoms with Crippen molar-refractivity contribution >= 4 is 17.7 Å². The van der Waals surface area contributed by atoms with Gasteiger partial charge in [-0.3, -0.25) is 9.78 Å². The molecule has 0 radical (unpaired) electrons.